The van der Waals surface area contributed by atoms with E-state index in [-0.39, 0.29) is 12.1 Å². The summed E-state index contributed by atoms with van der Waals surface area (Å²) in [5.74, 6) is -1.31. The molecule has 1 aliphatic rings. The molecule has 1 fully saturated rings. The smallest absolute Gasteiger partial charge is 0.161 e. The van der Waals surface area contributed by atoms with Gasteiger partial charge in [-0.1, -0.05) is 0 Å². The Labute approximate surface area is 115 Å². The van der Waals surface area contributed by atoms with Crippen LogP contribution in [0.4, 0.5) is 14.6 Å². The number of nitrogens with one attached hydrogen (secondary N) is 1. The molecule has 4 nitrogen and oxygen atoms in total. The number of hydrogen-bond donors (Lipinski definition) is 1. The van der Waals surface area contributed by atoms with Crippen molar-refractivity contribution in [1.29, 1.82) is 0 Å². The molecule has 1 saturated heterocycles. The zero-order chi connectivity index (χ0) is 14.1. The van der Waals surface area contributed by atoms with Crippen LogP contribution in [-0.4, -0.2) is 28.7 Å². The highest BCUT2D eigenvalue weighted by molar-refractivity contribution is 5.88. The number of benzene rings is 1. The summed E-state index contributed by atoms with van der Waals surface area (Å²) in [4.78, 5) is 8.08. The molecule has 0 unspecified atom stereocenters. The van der Waals surface area contributed by atoms with Gasteiger partial charge in [-0.05, 0) is 25.8 Å². The van der Waals surface area contributed by atoms with E-state index in [1.54, 1.807) is 0 Å². The van der Waals surface area contributed by atoms with E-state index in [0.717, 1.165) is 31.6 Å². The van der Waals surface area contributed by atoms with Crippen molar-refractivity contribution in [1.82, 2.24) is 9.97 Å². The fraction of sp³-hybridized carbons (Fsp3) is 0.429. The van der Waals surface area contributed by atoms with Gasteiger partial charge in [0.15, 0.2) is 11.6 Å². The molecule has 0 bridgehead atoms. The molecule has 1 aromatic heterocycles. The standard InChI is InChI=1S/C14H15F2N3O/c1-8(13-3-2-4-20-13)19-14-9-5-10(15)11(16)6-12(9)17-7-18-14/h5-8,13H,2-4H2,1H3,(H,17,18,19)/t8-,13+/m1/s1. The minimum absolute atomic E-state index is 0.0451. The molecule has 0 amide bonds. The molecule has 0 aliphatic carbocycles. The van der Waals surface area contributed by atoms with Crippen LogP contribution in [0.25, 0.3) is 10.9 Å². The largest absolute Gasteiger partial charge is 0.376 e. The molecule has 1 N–H and O–H groups in total. The van der Waals surface area contributed by atoms with Crippen molar-refractivity contribution in [3.63, 3.8) is 0 Å². The first-order valence-corrected chi connectivity index (χ1v) is 6.63. The topological polar surface area (TPSA) is 47.0 Å². The summed E-state index contributed by atoms with van der Waals surface area (Å²) in [5, 5.41) is 3.68. The van der Waals surface area contributed by atoms with E-state index in [0.29, 0.717) is 16.7 Å². The monoisotopic (exact) mass is 279 g/mol. The molecular formula is C14H15F2N3O. The summed E-state index contributed by atoms with van der Waals surface area (Å²) in [6, 6.07) is 2.24. The molecule has 6 heteroatoms. The Morgan fingerprint density at radius 1 is 1.30 bits per heavy atom. The maximum atomic E-state index is 13.4. The van der Waals surface area contributed by atoms with Crippen LogP contribution >= 0.6 is 0 Å². The Bertz CT molecular complexity index is 629. The number of hydrogen-bond acceptors (Lipinski definition) is 4. The van der Waals surface area contributed by atoms with Crippen LogP contribution in [0.3, 0.4) is 0 Å². The van der Waals surface area contributed by atoms with Gasteiger partial charge in [0.25, 0.3) is 0 Å². The van der Waals surface area contributed by atoms with Crippen molar-refractivity contribution >= 4 is 16.7 Å². The Morgan fingerprint density at radius 3 is 2.85 bits per heavy atom. The molecule has 2 atom stereocenters. The summed E-state index contributed by atoms with van der Waals surface area (Å²) in [6.07, 6.45) is 3.48. The van der Waals surface area contributed by atoms with Gasteiger partial charge in [-0.25, -0.2) is 18.7 Å². The van der Waals surface area contributed by atoms with Crippen LogP contribution in [0.15, 0.2) is 18.5 Å². The zero-order valence-electron chi connectivity index (χ0n) is 11.1. The van der Waals surface area contributed by atoms with Crippen molar-refractivity contribution in [2.45, 2.75) is 31.9 Å². The molecule has 1 aromatic carbocycles. The van der Waals surface area contributed by atoms with Gasteiger partial charge < -0.3 is 10.1 Å². The highest BCUT2D eigenvalue weighted by Crippen LogP contribution is 2.24. The van der Waals surface area contributed by atoms with Crippen LogP contribution in [0.5, 0.6) is 0 Å². The lowest BCUT2D eigenvalue weighted by atomic mass is 10.1. The van der Waals surface area contributed by atoms with E-state index in [4.69, 9.17) is 4.74 Å². The zero-order valence-corrected chi connectivity index (χ0v) is 11.1. The second-order valence-corrected chi connectivity index (χ2v) is 4.99. The SMILES string of the molecule is C[C@@H](Nc1ncnc2cc(F)c(F)cc12)[C@@H]1CCCO1. The van der Waals surface area contributed by atoms with Crippen molar-refractivity contribution in [3.8, 4) is 0 Å². The molecule has 1 aliphatic heterocycles. The molecule has 0 saturated carbocycles. The van der Waals surface area contributed by atoms with E-state index in [2.05, 4.69) is 15.3 Å². The molecule has 3 rings (SSSR count). The average molecular weight is 279 g/mol. The molecule has 0 radical (unpaired) electrons. The van der Waals surface area contributed by atoms with E-state index < -0.39 is 11.6 Å². The summed E-state index contributed by atoms with van der Waals surface area (Å²) < 4.78 is 32.2. The lowest BCUT2D eigenvalue weighted by molar-refractivity contribution is 0.0996. The number of halogens is 2. The van der Waals surface area contributed by atoms with Gasteiger partial charge >= 0.3 is 0 Å². The maximum Gasteiger partial charge on any atom is 0.161 e. The highest BCUT2D eigenvalue weighted by atomic mass is 19.2. The van der Waals surface area contributed by atoms with Crippen molar-refractivity contribution in [3.05, 3.63) is 30.1 Å². The van der Waals surface area contributed by atoms with Gasteiger partial charge in [-0.15, -0.1) is 0 Å². The van der Waals surface area contributed by atoms with Gasteiger partial charge in [0.1, 0.15) is 12.1 Å². The van der Waals surface area contributed by atoms with Crippen molar-refractivity contribution in [2.75, 3.05) is 11.9 Å². The summed E-state index contributed by atoms with van der Waals surface area (Å²) in [7, 11) is 0. The number of rotatable bonds is 3. The predicted octanol–water partition coefficient (Wildman–Crippen LogP) is 2.89. The average Bonchev–Trinajstić information content (AvgIpc) is 2.95. The summed E-state index contributed by atoms with van der Waals surface area (Å²) >= 11 is 0. The number of nitrogens with zero attached hydrogens (tertiary/aromatic N) is 2. The third-order valence-electron chi connectivity index (χ3n) is 3.56. The Hall–Kier alpha value is -1.82. The Morgan fingerprint density at radius 2 is 2.10 bits per heavy atom. The van der Waals surface area contributed by atoms with Gasteiger partial charge in [-0.3, -0.25) is 0 Å². The van der Waals surface area contributed by atoms with E-state index in [1.807, 2.05) is 6.92 Å². The summed E-state index contributed by atoms with van der Waals surface area (Å²) in [5.41, 5.74) is 0.376. The lowest BCUT2D eigenvalue weighted by Gasteiger charge is -2.21. The van der Waals surface area contributed by atoms with Crippen LogP contribution < -0.4 is 5.32 Å². The first-order valence-electron chi connectivity index (χ1n) is 6.63. The number of anilines is 1. The van der Waals surface area contributed by atoms with E-state index in [9.17, 15) is 8.78 Å². The second kappa shape index (κ2) is 5.28. The van der Waals surface area contributed by atoms with E-state index in [1.165, 1.54) is 6.33 Å². The van der Waals surface area contributed by atoms with Gasteiger partial charge in [0.2, 0.25) is 0 Å². The number of ether oxygens (including phenoxy) is 1. The quantitative estimate of drug-likeness (QED) is 0.938. The molecular weight excluding hydrogens is 264 g/mol. The number of fused-ring (bicyclic) bond motifs is 1. The molecule has 2 heterocycles. The maximum absolute atomic E-state index is 13.4. The van der Waals surface area contributed by atoms with E-state index >= 15 is 0 Å². The lowest BCUT2D eigenvalue weighted by Crippen LogP contribution is -2.30. The highest BCUT2D eigenvalue weighted by Gasteiger charge is 2.23. The van der Waals surface area contributed by atoms with Crippen molar-refractivity contribution < 1.29 is 13.5 Å². The van der Waals surface area contributed by atoms with Crippen LogP contribution in [0.2, 0.25) is 0 Å². The minimum atomic E-state index is -0.908. The Kier molecular flexibility index (Phi) is 3.48. The Balaban J connectivity index is 1.92. The van der Waals surface area contributed by atoms with Crippen molar-refractivity contribution in [2.24, 2.45) is 0 Å². The van der Waals surface area contributed by atoms with Crippen LogP contribution in [0.1, 0.15) is 19.8 Å². The third-order valence-corrected chi connectivity index (χ3v) is 3.56. The van der Waals surface area contributed by atoms with Gasteiger partial charge in [0, 0.05) is 18.1 Å². The second-order valence-electron chi connectivity index (χ2n) is 4.99. The molecule has 106 valence electrons. The van der Waals surface area contributed by atoms with Crippen LogP contribution in [-0.2, 0) is 4.74 Å². The first-order chi connectivity index (χ1) is 9.65. The van der Waals surface area contributed by atoms with Crippen LogP contribution in [0, 0.1) is 11.6 Å². The van der Waals surface area contributed by atoms with Gasteiger partial charge in [-0.2, -0.15) is 0 Å². The van der Waals surface area contributed by atoms with Gasteiger partial charge in [0.05, 0.1) is 17.7 Å². The normalized spacial score (nSPS) is 20.2. The minimum Gasteiger partial charge on any atom is -0.376 e. The fourth-order valence-corrected chi connectivity index (χ4v) is 2.47. The molecule has 2 aromatic rings. The third kappa shape index (κ3) is 2.43. The fourth-order valence-electron chi connectivity index (χ4n) is 2.47. The molecule has 20 heavy (non-hydrogen) atoms. The molecule has 0 spiro atoms. The number of aromatic nitrogens is 2. The first kappa shape index (κ1) is 13.2. The summed E-state index contributed by atoms with van der Waals surface area (Å²) in [6.45, 7) is 2.75. The predicted molar refractivity (Wildman–Crippen MR) is 71.5 cm³/mol.